The molecule has 1 unspecified atom stereocenters. The smallest absolute Gasteiger partial charge is 0.411 e. The highest BCUT2D eigenvalue weighted by Crippen LogP contribution is 2.22. The maximum atomic E-state index is 13.0. The van der Waals surface area contributed by atoms with E-state index in [1.54, 1.807) is 19.3 Å². The van der Waals surface area contributed by atoms with Gasteiger partial charge in [0.2, 0.25) is 11.8 Å². The highest BCUT2D eigenvalue weighted by atomic mass is 16.6. The van der Waals surface area contributed by atoms with E-state index < -0.39 is 12.2 Å². The number of ether oxygens (including phenoxy) is 3. The largest absolute Gasteiger partial charge is 0.497 e. The highest BCUT2D eigenvalue weighted by Gasteiger charge is 2.23. The molecule has 218 valence electrons. The normalized spacial score (nSPS) is 13.9. The Kier molecular flexibility index (Phi) is 10.8. The van der Waals surface area contributed by atoms with Crippen molar-refractivity contribution < 1.29 is 28.2 Å². The Morgan fingerprint density at radius 1 is 1.17 bits per heavy atom. The lowest BCUT2D eigenvalue weighted by Gasteiger charge is -2.25. The number of carbonyl (C=O) groups excluding carboxylic acids is 2. The second-order valence-corrected chi connectivity index (χ2v) is 9.57. The number of nitrogens with one attached hydrogen (secondary N) is 1. The average Bonchev–Trinajstić information content (AvgIpc) is 3.38. The number of hydrogen-bond acceptors (Lipinski definition) is 8. The third-order valence-corrected chi connectivity index (χ3v) is 6.48. The van der Waals surface area contributed by atoms with Crippen molar-refractivity contribution in [2.24, 2.45) is 0 Å². The molecule has 10 heteroatoms. The van der Waals surface area contributed by atoms with Gasteiger partial charge in [0.1, 0.15) is 29.9 Å². The summed E-state index contributed by atoms with van der Waals surface area (Å²) >= 11 is 0. The van der Waals surface area contributed by atoms with Crippen molar-refractivity contribution >= 4 is 12.0 Å². The summed E-state index contributed by atoms with van der Waals surface area (Å²) in [6.07, 6.45) is 5.48. The number of benzene rings is 2. The van der Waals surface area contributed by atoms with Crippen LogP contribution in [-0.4, -0.2) is 54.8 Å². The van der Waals surface area contributed by atoms with Crippen LogP contribution in [0.3, 0.4) is 0 Å². The molecule has 10 nitrogen and oxygen atoms in total. The zero-order valence-corrected chi connectivity index (χ0v) is 23.7. The first-order valence-corrected chi connectivity index (χ1v) is 13.7. The van der Waals surface area contributed by atoms with Crippen LogP contribution in [0.4, 0.5) is 4.79 Å². The molecule has 0 aliphatic heterocycles. The first kappa shape index (κ1) is 29.9. The van der Waals surface area contributed by atoms with E-state index in [0.717, 1.165) is 22.6 Å². The average molecular weight is 571 g/mol. The predicted molar refractivity (Wildman–Crippen MR) is 155 cm³/mol. The minimum absolute atomic E-state index is 0.154. The standard InChI is InChI=1S/C32H34N4O6/c1-23-29(35-31(41-23)25-7-4-3-5-8-25)17-20-40-27-11-9-24(10-12-27)21-36(22-30(37)34-19-6-18-33)32(38)42-28-15-13-26(39-2)14-16-28/h3-5,7-15,28H,6,16-17,19-22H2,1-2H3,(H,34,37). The summed E-state index contributed by atoms with van der Waals surface area (Å²) in [7, 11) is 1.57. The fourth-order valence-electron chi connectivity index (χ4n) is 4.24. The Morgan fingerprint density at radius 2 is 1.95 bits per heavy atom. The van der Waals surface area contributed by atoms with Crippen LogP contribution in [0.25, 0.3) is 11.5 Å². The zero-order chi connectivity index (χ0) is 29.7. The molecule has 3 aromatic rings. The number of hydrogen-bond donors (Lipinski definition) is 1. The fourth-order valence-corrected chi connectivity index (χ4v) is 4.24. The van der Waals surface area contributed by atoms with Crippen LogP contribution in [-0.2, 0) is 27.2 Å². The fraction of sp³-hybridized carbons (Fsp3) is 0.312. The van der Waals surface area contributed by atoms with E-state index in [9.17, 15) is 9.59 Å². The predicted octanol–water partition coefficient (Wildman–Crippen LogP) is 5.10. The van der Waals surface area contributed by atoms with E-state index in [1.807, 2.05) is 73.7 Å². The van der Waals surface area contributed by atoms with Crippen LogP contribution in [0.1, 0.15) is 29.9 Å². The molecule has 0 fully saturated rings. The van der Waals surface area contributed by atoms with Gasteiger partial charge in [-0.1, -0.05) is 30.3 Å². The number of allylic oxidation sites excluding steroid dienone is 1. The van der Waals surface area contributed by atoms with Crippen LogP contribution >= 0.6 is 0 Å². The van der Waals surface area contributed by atoms with Crippen LogP contribution < -0.4 is 10.1 Å². The van der Waals surface area contributed by atoms with Gasteiger partial charge in [0.25, 0.3) is 0 Å². The third kappa shape index (κ3) is 8.73. The first-order valence-electron chi connectivity index (χ1n) is 13.7. The second-order valence-electron chi connectivity index (χ2n) is 9.57. The van der Waals surface area contributed by atoms with E-state index in [2.05, 4.69) is 10.3 Å². The molecule has 42 heavy (non-hydrogen) atoms. The Bertz CT molecular complexity index is 1440. The Labute approximate surface area is 245 Å². The number of nitriles is 1. The number of rotatable bonds is 13. The Balaban J connectivity index is 1.33. The van der Waals surface area contributed by atoms with Crippen LogP contribution in [0.2, 0.25) is 0 Å². The summed E-state index contributed by atoms with van der Waals surface area (Å²) in [5.41, 5.74) is 2.56. The van der Waals surface area contributed by atoms with Crippen molar-refractivity contribution in [2.75, 3.05) is 26.8 Å². The number of nitrogens with zero attached hydrogens (tertiary/aromatic N) is 3. The number of aromatic nitrogens is 1. The van der Waals surface area contributed by atoms with Crippen molar-refractivity contribution in [3.05, 3.63) is 95.6 Å². The molecular formula is C32H34N4O6. The summed E-state index contributed by atoms with van der Waals surface area (Å²) in [5, 5.41) is 11.4. The SMILES string of the molecule is COC1=CCC(OC(=O)N(CC(=O)NCCC#N)Cc2ccc(OCCc3nc(-c4ccccc4)oc3C)cc2)C=C1. The van der Waals surface area contributed by atoms with Crippen molar-refractivity contribution in [3.63, 3.8) is 0 Å². The van der Waals surface area contributed by atoms with Gasteiger partial charge in [-0.25, -0.2) is 9.78 Å². The third-order valence-electron chi connectivity index (χ3n) is 6.48. The van der Waals surface area contributed by atoms with Gasteiger partial charge in [0, 0.05) is 31.5 Å². The number of oxazole rings is 1. The number of aryl methyl sites for hydroxylation is 1. The van der Waals surface area contributed by atoms with E-state index >= 15 is 0 Å². The quantitative estimate of drug-likeness (QED) is 0.281. The topological polar surface area (TPSA) is 127 Å². The lowest BCUT2D eigenvalue weighted by Crippen LogP contribution is -2.41. The molecule has 0 spiro atoms. The molecule has 0 radical (unpaired) electrons. The number of carbonyl (C=O) groups is 2. The summed E-state index contributed by atoms with van der Waals surface area (Å²) < 4.78 is 22.6. The van der Waals surface area contributed by atoms with Gasteiger partial charge in [0.15, 0.2) is 0 Å². The molecule has 2 amide bonds. The molecule has 0 bridgehead atoms. The molecule has 1 aliphatic rings. The zero-order valence-electron chi connectivity index (χ0n) is 23.7. The first-order chi connectivity index (χ1) is 20.4. The minimum Gasteiger partial charge on any atom is -0.497 e. The summed E-state index contributed by atoms with van der Waals surface area (Å²) in [4.78, 5) is 31.4. The van der Waals surface area contributed by atoms with Gasteiger partial charge in [-0.3, -0.25) is 9.69 Å². The van der Waals surface area contributed by atoms with Gasteiger partial charge in [-0.05, 0) is 55.0 Å². The van der Waals surface area contributed by atoms with E-state index in [0.29, 0.717) is 36.8 Å². The maximum Gasteiger partial charge on any atom is 0.411 e. The number of methoxy groups -OCH3 is 1. The van der Waals surface area contributed by atoms with Crippen molar-refractivity contribution in [2.45, 2.75) is 38.8 Å². The molecule has 1 atom stereocenters. The van der Waals surface area contributed by atoms with Gasteiger partial charge in [-0.2, -0.15) is 5.26 Å². The highest BCUT2D eigenvalue weighted by molar-refractivity contribution is 5.82. The molecule has 1 heterocycles. The molecule has 1 aliphatic carbocycles. The molecule has 2 aromatic carbocycles. The molecule has 1 N–H and O–H groups in total. The Hall–Kier alpha value is -5.04. The number of amides is 2. The van der Waals surface area contributed by atoms with Crippen molar-refractivity contribution in [3.8, 4) is 23.3 Å². The maximum absolute atomic E-state index is 13.0. The van der Waals surface area contributed by atoms with Gasteiger partial charge >= 0.3 is 6.09 Å². The summed E-state index contributed by atoms with van der Waals surface area (Å²) in [6.45, 7) is 2.46. The van der Waals surface area contributed by atoms with Crippen LogP contribution in [0, 0.1) is 18.3 Å². The molecule has 0 saturated carbocycles. The molecule has 4 rings (SSSR count). The molecule has 0 saturated heterocycles. The van der Waals surface area contributed by atoms with Gasteiger partial charge in [-0.15, -0.1) is 0 Å². The summed E-state index contributed by atoms with van der Waals surface area (Å²) in [6, 6.07) is 19.0. The lowest BCUT2D eigenvalue weighted by atomic mass is 10.1. The van der Waals surface area contributed by atoms with E-state index in [1.165, 1.54) is 4.90 Å². The van der Waals surface area contributed by atoms with Gasteiger partial charge < -0.3 is 23.9 Å². The molecular weight excluding hydrogens is 536 g/mol. The second kappa shape index (κ2) is 15.1. The van der Waals surface area contributed by atoms with Crippen LogP contribution in [0.5, 0.6) is 5.75 Å². The molecule has 1 aromatic heterocycles. The van der Waals surface area contributed by atoms with Crippen molar-refractivity contribution in [1.29, 1.82) is 5.26 Å². The van der Waals surface area contributed by atoms with E-state index in [-0.39, 0.29) is 32.0 Å². The monoisotopic (exact) mass is 570 g/mol. The summed E-state index contributed by atoms with van der Waals surface area (Å²) in [5.74, 6) is 2.34. The minimum atomic E-state index is -0.618. The van der Waals surface area contributed by atoms with E-state index in [4.69, 9.17) is 23.9 Å². The lowest BCUT2D eigenvalue weighted by molar-refractivity contribution is -0.122. The van der Waals surface area contributed by atoms with Gasteiger partial charge in [0.05, 0.1) is 31.9 Å². The van der Waals surface area contributed by atoms with Crippen molar-refractivity contribution in [1.82, 2.24) is 15.2 Å². The van der Waals surface area contributed by atoms with Crippen LogP contribution in [0.15, 0.2) is 83.0 Å². The Morgan fingerprint density at radius 3 is 2.64 bits per heavy atom.